The third-order valence-corrected chi connectivity index (χ3v) is 7.63. The van der Waals surface area contributed by atoms with Gasteiger partial charge < -0.3 is 15.2 Å². The molecule has 5 rings (SSSR count). The van der Waals surface area contributed by atoms with Gasteiger partial charge in [-0.05, 0) is 67.3 Å². The Morgan fingerprint density at radius 1 is 1.11 bits per heavy atom. The maximum atomic E-state index is 12.7. The van der Waals surface area contributed by atoms with E-state index in [4.69, 9.17) is 4.74 Å². The molecule has 9 heteroatoms. The molecule has 4 aromatic rings. The van der Waals surface area contributed by atoms with Gasteiger partial charge in [0, 0.05) is 41.8 Å². The first-order chi connectivity index (χ1) is 17.4. The lowest BCUT2D eigenvalue weighted by Crippen LogP contribution is -2.26. The Kier molecular flexibility index (Phi) is 6.95. The zero-order valence-corrected chi connectivity index (χ0v) is 20.9. The Bertz CT molecular complexity index is 1460. The number of aliphatic hydroxyl groups excluding tert-OH is 1. The molecule has 0 amide bonds. The van der Waals surface area contributed by atoms with E-state index in [0.717, 1.165) is 22.2 Å². The fraction of sp³-hybridized carbons (Fsp3) is 0.296. The van der Waals surface area contributed by atoms with Crippen molar-refractivity contribution in [2.75, 3.05) is 24.4 Å². The molecule has 1 unspecified atom stereocenters. The molecule has 3 aromatic carbocycles. The van der Waals surface area contributed by atoms with Crippen LogP contribution < -0.4 is 14.8 Å². The molecule has 8 nitrogen and oxygen atoms in total. The number of hydrogen-bond donors (Lipinski definition) is 4. The van der Waals surface area contributed by atoms with E-state index in [9.17, 15) is 13.5 Å². The molecule has 1 heterocycles. The summed E-state index contributed by atoms with van der Waals surface area (Å²) in [4.78, 5) is 0.199. The van der Waals surface area contributed by atoms with Crippen LogP contribution in [0.3, 0.4) is 0 Å². The molecule has 0 aliphatic heterocycles. The first kappa shape index (κ1) is 24.3. The minimum atomic E-state index is -3.71. The minimum Gasteiger partial charge on any atom is -0.492 e. The molecule has 1 aliphatic rings. The molecule has 1 fully saturated rings. The van der Waals surface area contributed by atoms with Gasteiger partial charge >= 0.3 is 0 Å². The fourth-order valence-corrected chi connectivity index (χ4v) is 5.34. The summed E-state index contributed by atoms with van der Waals surface area (Å²) in [5, 5.41) is 22.5. The van der Waals surface area contributed by atoms with Gasteiger partial charge in [-0.25, -0.2) is 8.42 Å². The number of fused-ring (bicyclic) bond motifs is 1. The number of aromatic amines is 1. The highest BCUT2D eigenvalue weighted by atomic mass is 32.2. The van der Waals surface area contributed by atoms with Gasteiger partial charge in [0.2, 0.25) is 0 Å². The minimum absolute atomic E-state index is 0.199. The number of nitrogens with zero attached hydrogens (tertiary/aromatic N) is 1. The molecular formula is C27H30N4O4S. The predicted octanol–water partition coefficient (Wildman–Crippen LogP) is 4.25. The van der Waals surface area contributed by atoms with Crippen LogP contribution in [-0.4, -0.2) is 43.4 Å². The van der Waals surface area contributed by atoms with E-state index in [0.29, 0.717) is 36.9 Å². The average molecular weight is 507 g/mol. The van der Waals surface area contributed by atoms with Gasteiger partial charge in [-0.2, -0.15) is 5.10 Å². The number of benzene rings is 3. The first-order valence-corrected chi connectivity index (χ1v) is 13.6. The number of aliphatic hydroxyl groups is 1. The Balaban J connectivity index is 1.10. The second-order valence-electron chi connectivity index (χ2n) is 9.21. The molecule has 1 atom stereocenters. The van der Waals surface area contributed by atoms with Crippen molar-refractivity contribution < 1.29 is 18.3 Å². The van der Waals surface area contributed by atoms with Gasteiger partial charge in [-0.15, -0.1) is 0 Å². The number of nitrogens with one attached hydrogen (secondary N) is 3. The molecule has 0 saturated heterocycles. The third-order valence-electron chi connectivity index (χ3n) is 6.25. The number of rotatable bonds is 11. The van der Waals surface area contributed by atoms with E-state index in [1.54, 1.807) is 42.5 Å². The van der Waals surface area contributed by atoms with E-state index in [2.05, 4.69) is 26.3 Å². The average Bonchev–Trinajstić information content (AvgIpc) is 3.62. The number of hydrogen-bond acceptors (Lipinski definition) is 6. The molecule has 0 spiro atoms. The van der Waals surface area contributed by atoms with Crippen molar-refractivity contribution in [2.45, 2.75) is 36.7 Å². The Morgan fingerprint density at radius 3 is 2.75 bits per heavy atom. The van der Waals surface area contributed by atoms with Gasteiger partial charge in [0.15, 0.2) is 0 Å². The molecule has 1 aromatic heterocycles. The van der Waals surface area contributed by atoms with Crippen LogP contribution in [-0.2, 0) is 10.0 Å². The number of aryl methyl sites for hydroxylation is 1. The van der Waals surface area contributed by atoms with Crippen LogP contribution in [0.1, 0.15) is 41.7 Å². The molecule has 0 radical (unpaired) electrons. The largest absolute Gasteiger partial charge is 0.492 e. The zero-order valence-electron chi connectivity index (χ0n) is 20.1. The van der Waals surface area contributed by atoms with Crippen LogP contribution in [0, 0.1) is 6.92 Å². The topological polar surface area (TPSA) is 116 Å². The monoisotopic (exact) mass is 506 g/mol. The fourth-order valence-electron chi connectivity index (χ4n) is 4.19. The highest BCUT2D eigenvalue weighted by Crippen LogP contribution is 2.42. The molecule has 4 N–H and O–H groups in total. The summed E-state index contributed by atoms with van der Waals surface area (Å²) < 4.78 is 33.8. The van der Waals surface area contributed by atoms with Crippen LogP contribution in [0.15, 0.2) is 71.6 Å². The second kappa shape index (κ2) is 10.3. The normalized spacial score (nSPS) is 14.6. The van der Waals surface area contributed by atoms with Crippen molar-refractivity contribution >= 4 is 26.6 Å². The van der Waals surface area contributed by atoms with E-state index >= 15 is 0 Å². The lowest BCUT2D eigenvalue weighted by molar-refractivity contribution is 0.172. The van der Waals surface area contributed by atoms with E-state index < -0.39 is 16.1 Å². The van der Waals surface area contributed by atoms with Gasteiger partial charge in [-0.1, -0.05) is 24.3 Å². The van der Waals surface area contributed by atoms with Gasteiger partial charge in [0.1, 0.15) is 12.4 Å². The quantitative estimate of drug-likeness (QED) is 0.226. The number of anilines is 1. The maximum Gasteiger partial charge on any atom is 0.261 e. The summed E-state index contributed by atoms with van der Waals surface area (Å²) in [6.07, 6.45) is 1.65. The van der Waals surface area contributed by atoms with E-state index in [1.165, 1.54) is 18.5 Å². The number of aromatic nitrogens is 2. The van der Waals surface area contributed by atoms with Crippen LogP contribution in [0.5, 0.6) is 5.75 Å². The summed E-state index contributed by atoms with van der Waals surface area (Å²) in [6.45, 7) is 3.13. The summed E-state index contributed by atoms with van der Waals surface area (Å²) in [6, 6.07) is 19.5. The summed E-state index contributed by atoms with van der Waals surface area (Å²) in [5.74, 6) is 1.37. The van der Waals surface area contributed by atoms with Crippen molar-refractivity contribution in [2.24, 2.45) is 0 Å². The molecule has 1 aliphatic carbocycles. The van der Waals surface area contributed by atoms with Gasteiger partial charge in [0.05, 0.1) is 16.5 Å². The standard InChI is InChI=1S/C27H30N4O4S/c1-18-4-2-7-23(14-18)36(33,34)31-21-6-3-5-20(15-21)26(32)17-28-12-13-35-22-10-11-24-25(16-22)29-30-27(24)19-8-9-19/h2-7,10-11,14-16,19,26,28,31-32H,8-9,12-13,17H2,1H3,(H,29,30). The zero-order chi connectivity index (χ0) is 25.1. The van der Waals surface area contributed by atoms with Crippen LogP contribution >= 0.6 is 0 Å². The Labute approximate surface area is 210 Å². The highest BCUT2D eigenvalue weighted by molar-refractivity contribution is 7.92. The van der Waals surface area contributed by atoms with E-state index in [-0.39, 0.29) is 4.90 Å². The van der Waals surface area contributed by atoms with E-state index in [1.807, 2.05) is 25.1 Å². The second-order valence-corrected chi connectivity index (χ2v) is 10.9. The summed E-state index contributed by atoms with van der Waals surface area (Å²) >= 11 is 0. The van der Waals surface area contributed by atoms with Crippen molar-refractivity contribution in [3.8, 4) is 5.75 Å². The molecule has 0 bridgehead atoms. The molecule has 188 valence electrons. The predicted molar refractivity (Wildman–Crippen MR) is 140 cm³/mol. The molecule has 1 saturated carbocycles. The number of H-pyrrole nitrogens is 1. The van der Waals surface area contributed by atoms with Crippen LogP contribution in [0.25, 0.3) is 10.9 Å². The number of ether oxygens (including phenoxy) is 1. The highest BCUT2D eigenvalue weighted by Gasteiger charge is 2.27. The maximum absolute atomic E-state index is 12.7. The lowest BCUT2D eigenvalue weighted by Gasteiger charge is -2.15. The van der Waals surface area contributed by atoms with Crippen molar-refractivity contribution in [1.82, 2.24) is 15.5 Å². The van der Waals surface area contributed by atoms with Crippen molar-refractivity contribution in [3.63, 3.8) is 0 Å². The molecule has 36 heavy (non-hydrogen) atoms. The Morgan fingerprint density at radius 2 is 1.94 bits per heavy atom. The summed E-state index contributed by atoms with van der Waals surface area (Å²) in [5.41, 5.74) is 4.01. The molecular weight excluding hydrogens is 476 g/mol. The van der Waals surface area contributed by atoms with Gasteiger partial charge in [0.25, 0.3) is 10.0 Å². The number of sulfonamides is 1. The van der Waals surface area contributed by atoms with Gasteiger partial charge in [-0.3, -0.25) is 9.82 Å². The SMILES string of the molecule is Cc1cccc(S(=O)(=O)Nc2cccc(C(O)CNCCOc3ccc4c(C5CC5)[nH]nc4c3)c2)c1. The van der Waals surface area contributed by atoms with Crippen LogP contribution in [0.4, 0.5) is 5.69 Å². The lowest BCUT2D eigenvalue weighted by atomic mass is 10.1. The van der Waals surface area contributed by atoms with Crippen molar-refractivity contribution in [1.29, 1.82) is 0 Å². The third kappa shape index (κ3) is 5.70. The summed E-state index contributed by atoms with van der Waals surface area (Å²) in [7, 11) is -3.71. The smallest absolute Gasteiger partial charge is 0.261 e. The van der Waals surface area contributed by atoms with Crippen molar-refractivity contribution in [3.05, 3.63) is 83.6 Å². The Hall–Kier alpha value is -3.40. The van der Waals surface area contributed by atoms with Crippen LogP contribution in [0.2, 0.25) is 0 Å². The first-order valence-electron chi connectivity index (χ1n) is 12.1.